The molecule has 0 atom stereocenters. The number of para-hydroxylation sites is 1. The van der Waals surface area contributed by atoms with Gasteiger partial charge in [0.25, 0.3) is 0 Å². The molecule has 0 saturated carbocycles. The van der Waals surface area contributed by atoms with Crippen LogP contribution in [0.1, 0.15) is 11.1 Å². The normalized spacial score (nSPS) is 10.6. The van der Waals surface area contributed by atoms with E-state index in [1.807, 2.05) is 42.6 Å². The van der Waals surface area contributed by atoms with Crippen LogP contribution in [0.3, 0.4) is 0 Å². The van der Waals surface area contributed by atoms with Crippen molar-refractivity contribution in [2.45, 2.75) is 13.5 Å². The number of aryl methyl sites for hydroxylation is 1. The van der Waals surface area contributed by atoms with Gasteiger partial charge in [0.05, 0.1) is 16.7 Å². The van der Waals surface area contributed by atoms with Crippen molar-refractivity contribution < 1.29 is 0 Å². The van der Waals surface area contributed by atoms with Crippen LogP contribution in [0.15, 0.2) is 97.2 Å². The lowest BCUT2D eigenvalue weighted by atomic mass is 10.0. The van der Waals surface area contributed by atoms with E-state index in [0.717, 1.165) is 27.9 Å². The van der Waals surface area contributed by atoms with E-state index in [-0.39, 0.29) is 0 Å². The van der Waals surface area contributed by atoms with Gasteiger partial charge in [0, 0.05) is 29.1 Å². The molecule has 0 aliphatic carbocycles. The predicted octanol–water partition coefficient (Wildman–Crippen LogP) is 5.90. The van der Waals surface area contributed by atoms with E-state index in [4.69, 9.17) is 10.7 Å². The van der Waals surface area contributed by atoms with Crippen LogP contribution in [0.2, 0.25) is 0 Å². The minimum Gasteiger partial charge on any atom is -0.326 e. The van der Waals surface area contributed by atoms with Crippen molar-refractivity contribution in [3.8, 4) is 11.3 Å². The fraction of sp³-hybridized carbons (Fsp3) is 0.0769. The van der Waals surface area contributed by atoms with E-state index in [1.165, 1.54) is 16.3 Å². The Morgan fingerprint density at radius 2 is 1.45 bits per heavy atom. The van der Waals surface area contributed by atoms with Crippen LogP contribution in [0.5, 0.6) is 0 Å². The second kappa shape index (κ2) is 8.63. The number of nitrogens with zero attached hydrogens (tertiary/aromatic N) is 2. The third-order valence-corrected chi connectivity index (χ3v) is 4.87. The molecule has 0 radical (unpaired) electrons. The van der Waals surface area contributed by atoms with Crippen molar-refractivity contribution in [1.82, 2.24) is 9.97 Å². The van der Waals surface area contributed by atoms with Crippen molar-refractivity contribution in [3.05, 3.63) is 108 Å². The number of pyridine rings is 2. The molecular formula is C26H23N3. The second-order valence-electron chi connectivity index (χ2n) is 6.95. The van der Waals surface area contributed by atoms with E-state index < -0.39 is 0 Å². The van der Waals surface area contributed by atoms with E-state index in [9.17, 15) is 0 Å². The Bertz CT molecular complexity index is 1200. The van der Waals surface area contributed by atoms with Gasteiger partial charge in [-0.3, -0.25) is 4.98 Å². The average Bonchev–Trinajstić information content (AvgIpc) is 2.79. The highest BCUT2D eigenvalue weighted by molar-refractivity contribution is 5.82. The number of fused-ring (bicyclic) bond motifs is 2. The standard InChI is InChI=1S/C17H16N2.C9H7N/c1-12-6-7-13-8-9-16(19-17(13)10-12)15-5-3-2-4-14(15)11-18;1-2-6-9-8(4-1)5-3-7-10-9/h2-10H,11,18H2,1H3;1-7H. The first-order valence-corrected chi connectivity index (χ1v) is 9.70. The number of aromatic nitrogens is 2. The zero-order valence-corrected chi connectivity index (χ0v) is 16.4. The van der Waals surface area contributed by atoms with Gasteiger partial charge in [0.2, 0.25) is 0 Å². The summed E-state index contributed by atoms with van der Waals surface area (Å²) in [6.45, 7) is 2.62. The van der Waals surface area contributed by atoms with Gasteiger partial charge in [-0.2, -0.15) is 0 Å². The van der Waals surface area contributed by atoms with Crippen molar-refractivity contribution in [2.75, 3.05) is 0 Å². The van der Waals surface area contributed by atoms with E-state index in [2.05, 4.69) is 66.5 Å². The summed E-state index contributed by atoms with van der Waals surface area (Å²) < 4.78 is 0. The summed E-state index contributed by atoms with van der Waals surface area (Å²) in [5.74, 6) is 0. The van der Waals surface area contributed by atoms with Gasteiger partial charge in [-0.05, 0) is 42.3 Å². The first kappa shape index (κ1) is 18.8. The maximum atomic E-state index is 5.80. The van der Waals surface area contributed by atoms with Gasteiger partial charge >= 0.3 is 0 Å². The highest BCUT2D eigenvalue weighted by Crippen LogP contribution is 2.24. The summed E-state index contributed by atoms with van der Waals surface area (Å²) in [4.78, 5) is 8.94. The second-order valence-corrected chi connectivity index (χ2v) is 6.95. The predicted molar refractivity (Wildman–Crippen MR) is 122 cm³/mol. The molecule has 3 heteroatoms. The number of benzene rings is 3. The average molecular weight is 377 g/mol. The summed E-state index contributed by atoms with van der Waals surface area (Å²) in [6, 6.07) is 30.8. The largest absolute Gasteiger partial charge is 0.326 e. The molecule has 2 aromatic heterocycles. The molecule has 0 unspecified atom stereocenters. The van der Waals surface area contributed by atoms with E-state index >= 15 is 0 Å². The Kier molecular flexibility index (Phi) is 5.59. The Morgan fingerprint density at radius 3 is 2.31 bits per heavy atom. The summed E-state index contributed by atoms with van der Waals surface area (Å²) >= 11 is 0. The number of rotatable bonds is 2. The number of hydrogen-bond donors (Lipinski definition) is 1. The van der Waals surface area contributed by atoms with Crippen LogP contribution in [0.25, 0.3) is 33.1 Å². The monoisotopic (exact) mass is 377 g/mol. The number of nitrogens with two attached hydrogens (primary N) is 1. The third kappa shape index (κ3) is 4.31. The lowest BCUT2D eigenvalue weighted by Crippen LogP contribution is -1.99. The van der Waals surface area contributed by atoms with E-state index in [0.29, 0.717) is 6.54 Å². The lowest BCUT2D eigenvalue weighted by Gasteiger charge is -2.08. The van der Waals surface area contributed by atoms with Crippen molar-refractivity contribution >= 4 is 21.8 Å². The van der Waals surface area contributed by atoms with Gasteiger partial charge in [0.1, 0.15) is 0 Å². The Morgan fingerprint density at radius 1 is 0.724 bits per heavy atom. The van der Waals surface area contributed by atoms with Crippen LogP contribution in [-0.4, -0.2) is 9.97 Å². The molecule has 0 bridgehead atoms. The molecule has 0 fully saturated rings. The Hall–Kier alpha value is -3.56. The Labute approximate surface area is 170 Å². The quantitative estimate of drug-likeness (QED) is 0.416. The van der Waals surface area contributed by atoms with Crippen molar-refractivity contribution in [3.63, 3.8) is 0 Å². The minimum atomic E-state index is 0.531. The molecule has 142 valence electrons. The summed E-state index contributed by atoms with van der Waals surface area (Å²) in [5.41, 5.74) is 12.3. The van der Waals surface area contributed by atoms with E-state index in [1.54, 1.807) is 0 Å². The molecular weight excluding hydrogens is 354 g/mol. The zero-order chi connectivity index (χ0) is 20.1. The highest BCUT2D eigenvalue weighted by atomic mass is 14.7. The molecule has 0 amide bonds. The fourth-order valence-corrected chi connectivity index (χ4v) is 3.34. The van der Waals surface area contributed by atoms with Crippen LogP contribution in [-0.2, 0) is 6.54 Å². The van der Waals surface area contributed by atoms with Gasteiger partial charge in [-0.1, -0.05) is 66.7 Å². The lowest BCUT2D eigenvalue weighted by molar-refractivity contribution is 1.07. The summed E-state index contributed by atoms with van der Waals surface area (Å²) in [6.07, 6.45) is 1.81. The SMILES string of the molecule is Cc1ccc2ccc(-c3ccccc3CN)nc2c1.c1ccc2ncccc2c1. The molecule has 0 saturated heterocycles. The van der Waals surface area contributed by atoms with Gasteiger partial charge in [0.15, 0.2) is 0 Å². The topological polar surface area (TPSA) is 51.8 Å². The molecule has 3 nitrogen and oxygen atoms in total. The number of hydrogen-bond acceptors (Lipinski definition) is 3. The first-order chi connectivity index (χ1) is 14.2. The zero-order valence-electron chi connectivity index (χ0n) is 16.4. The highest BCUT2D eigenvalue weighted by Gasteiger charge is 2.05. The van der Waals surface area contributed by atoms with Gasteiger partial charge in [-0.15, -0.1) is 0 Å². The first-order valence-electron chi connectivity index (χ1n) is 9.70. The molecule has 5 rings (SSSR count). The maximum absolute atomic E-state index is 5.80. The van der Waals surface area contributed by atoms with Gasteiger partial charge in [-0.25, -0.2) is 4.98 Å². The minimum absolute atomic E-state index is 0.531. The molecule has 0 spiro atoms. The van der Waals surface area contributed by atoms with Crippen LogP contribution >= 0.6 is 0 Å². The molecule has 2 heterocycles. The van der Waals surface area contributed by atoms with Crippen LogP contribution < -0.4 is 5.73 Å². The van der Waals surface area contributed by atoms with Crippen LogP contribution in [0.4, 0.5) is 0 Å². The van der Waals surface area contributed by atoms with Crippen molar-refractivity contribution in [2.24, 2.45) is 5.73 Å². The maximum Gasteiger partial charge on any atom is 0.0712 e. The summed E-state index contributed by atoms with van der Waals surface area (Å²) in [7, 11) is 0. The van der Waals surface area contributed by atoms with Crippen LogP contribution in [0, 0.1) is 6.92 Å². The molecule has 2 N–H and O–H groups in total. The molecule has 0 aliphatic heterocycles. The van der Waals surface area contributed by atoms with Gasteiger partial charge < -0.3 is 5.73 Å². The molecule has 5 aromatic rings. The smallest absolute Gasteiger partial charge is 0.0712 e. The fourth-order valence-electron chi connectivity index (χ4n) is 3.34. The third-order valence-electron chi connectivity index (χ3n) is 4.87. The molecule has 3 aromatic carbocycles. The Balaban J connectivity index is 0.000000171. The molecule has 29 heavy (non-hydrogen) atoms. The summed E-state index contributed by atoms with van der Waals surface area (Å²) in [5, 5.41) is 2.37. The van der Waals surface area contributed by atoms with Crippen molar-refractivity contribution in [1.29, 1.82) is 0 Å². The molecule has 0 aliphatic rings.